The Hall–Kier alpha value is -1.06. The van der Waals surface area contributed by atoms with Crippen LogP contribution in [-0.2, 0) is 0 Å². The minimum Gasteiger partial charge on any atom is -0.496 e. The van der Waals surface area contributed by atoms with E-state index in [9.17, 15) is 0 Å². The smallest absolute Gasteiger partial charge is 0.121 e. The highest BCUT2D eigenvalue weighted by Gasteiger charge is 2.26. The molecule has 0 amide bonds. The molecule has 106 valence electrons. The third-order valence-corrected chi connectivity index (χ3v) is 4.28. The van der Waals surface area contributed by atoms with Crippen LogP contribution in [0.1, 0.15) is 43.4 Å². The van der Waals surface area contributed by atoms with Gasteiger partial charge in [-0.05, 0) is 50.4 Å². The van der Waals surface area contributed by atoms with Crippen molar-refractivity contribution in [3.63, 3.8) is 0 Å². The fourth-order valence-electron chi connectivity index (χ4n) is 3.16. The predicted octanol–water partition coefficient (Wildman–Crippen LogP) is 2.88. The Morgan fingerprint density at radius 3 is 2.79 bits per heavy atom. The molecule has 0 radical (unpaired) electrons. The minimum absolute atomic E-state index is 0.333. The van der Waals surface area contributed by atoms with Crippen molar-refractivity contribution in [3.05, 3.63) is 29.3 Å². The van der Waals surface area contributed by atoms with E-state index in [1.54, 1.807) is 7.11 Å². The lowest BCUT2D eigenvalue weighted by molar-refractivity contribution is 0.109. The van der Waals surface area contributed by atoms with Gasteiger partial charge in [-0.3, -0.25) is 4.90 Å². The van der Waals surface area contributed by atoms with Crippen LogP contribution < -0.4 is 10.5 Å². The molecule has 3 nitrogen and oxygen atoms in total. The Morgan fingerprint density at radius 1 is 1.42 bits per heavy atom. The van der Waals surface area contributed by atoms with Crippen LogP contribution in [0.3, 0.4) is 0 Å². The molecule has 1 aromatic rings. The molecule has 2 atom stereocenters. The van der Waals surface area contributed by atoms with Crippen LogP contribution in [-0.4, -0.2) is 31.1 Å². The maximum absolute atomic E-state index is 6.05. The van der Waals surface area contributed by atoms with Gasteiger partial charge in [0.25, 0.3) is 0 Å². The first kappa shape index (κ1) is 14.4. The quantitative estimate of drug-likeness (QED) is 0.906. The van der Waals surface area contributed by atoms with Crippen molar-refractivity contribution >= 4 is 0 Å². The first-order valence-corrected chi connectivity index (χ1v) is 7.27. The zero-order chi connectivity index (χ0) is 13.8. The molecule has 0 bridgehead atoms. The summed E-state index contributed by atoms with van der Waals surface area (Å²) in [7, 11) is 1.72. The Kier molecular flexibility index (Phi) is 4.83. The van der Waals surface area contributed by atoms with E-state index in [-0.39, 0.29) is 0 Å². The molecule has 1 aliphatic heterocycles. The lowest BCUT2D eigenvalue weighted by Gasteiger charge is -2.39. The highest BCUT2D eigenvalue weighted by Crippen LogP contribution is 2.30. The largest absolute Gasteiger partial charge is 0.496 e. The number of methoxy groups -OCH3 is 1. The molecule has 1 saturated heterocycles. The number of rotatable bonds is 4. The van der Waals surface area contributed by atoms with E-state index >= 15 is 0 Å². The summed E-state index contributed by atoms with van der Waals surface area (Å²) in [4.78, 5) is 2.56. The van der Waals surface area contributed by atoms with Crippen molar-refractivity contribution in [3.8, 4) is 5.75 Å². The summed E-state index contributed by atoms with van der Waals surface area (Å²) < 4.78 is 5.34. The second-order valence-electron chi connectivity index (χ2n) is 5.56. The number of hydrogen-bond donors (Lipinski definition) is 1. The Bertz CT molecular complexity index is 419. The van der Waals surface area contributed by atoms with Crippen molar-refractivity contribution < 1.29 is 4.74 Å². The van der Waals surface area contributed by atoms with Crippen LogP contribution in [0.2, 0.25) is 0 Å². The van der Waals surface area contributed by atoms with Crippen molar-refractivity contribution in [1.29, 1.82) is 0 Å². The third kappa shape index (κ3) is 3.10. The summed E-state index contributed by atoms with van der Waals surface area (Å²) in [6.07, 6.45) is 3.91. The van der Waals surface area contributed by atoms with E-state index in [1.165, 1.54) is 30.4 Å². The SMILES string of the molecule is COc1ccc(C(CN)N2CCCCC2C)cc1C. The van der Waals surface area contributed by atoms with Crippen LogP contribution in [0.4, 0.5) is 0 Å². The minimum atomic E-state index is 0.333. The second-order valence-corrected chi connectivity index (χ2v) is 5.56. The molecule has 19 heavy (non-hydrogen) atoms. The molecule has 2 unspecified atom stereocenters. The monoisotopic (exact) mass is 262 g/mol. The molecule has 0 aliphatic carbocycles. The molecule has 0 aromatic heterocycles. The molecule has 2 N–H and O–H groups in total. The molecule has 2 rings (SSSR count). The zero-order valence-corrected chi connectivity index (χ0v) is 12.4. The number of ether oxygens (including phenoxy) is 1. The van der Waals surface area contributed by atoms with Gasteiger partial charge < -0.3 is 10.5 Å². The summed E-state index contributed by atoms with van der Waals surface area (Å²) in [6.45, 7) is 6.25. The number of piperidine rings is 1. The van der Waals surface area contributed by atoms with E-state index in [2.05, 4.69) is 36.9 Å². The van der Waals surface area contributed by atoms with Gasteiger partial charge in [0.15, 0.2) is 0 Å². The van der Waals surface area contributed by atoms with Crippen LogP contribution >= 0.6 is 0 Å². The molecular formula is C16H26N2O. The van der Waals surface area contributed by atoms with E-state index in [0.29, 0.717) is 18.6 Å². The van der Waals surface area contributed by atoms with E-state index in [0.717, 1.165) is 12.3 Å². The van der Waals surface area contributed by atoms with Gasteiger partial charge in [-0.25, -0.2) is 0 Å². The number of nitrogens with zero attached hydrogens (tertiary/aromatic N) is 1. The van der Waals surface area contributed by atoms with Crippen molar-refractivity contribution in [2.24, 2.45) is 5.73 Å². The summed E-state index contributed by atoms with van der Waals surface area (Å²) in [6, 6.07) is 7.40. The molecule has 0 spiro atoms. The van der Waals surface area contributed by atoms with Crippen LogP contribution in [0.5, 0.6) is 5.75 Å². The van der Waals surface area contributed by atoms with Crippen molar-refractivity contribution in [2.75, 3.05) is 20.2 Å². The first-order chi connectivity index (χ1) is 9.17. The highest BCUT2D eigenvalue weighted by atomic mass is 16.5. The molecule has 3 heteroatoms. The molecule has 1 aliphatic rings. The van der Waals surface area contributed by atoms with E-state index in [1.807, 2.05) is 0 Å². The lowest BCUT2D eigenvalue weighted by atomic mass is 9.96. The number of likely N-dealkylation sites (tertiary alicyclic amines) is 1. The first-order valence-electron chi connectivity index (χ1n) is 7.27. The van der Waals surface area contributed by atoms with Crippen LogP contribution in [0.25, 0.3) is 0 Å². The van der Waals surface area contributed by atoms with Crippen LogP contribution in [0, 0.1) is 6.92 Å². The van der Waals surface area contributed by atoms with Gasteiger partial charge >= 0.3 is 0 Å². The average Bonchev–Trinajstić information content (AvgIpc) is 2.42. The predicted molar refractivity (Wildman–Crippen MR) is 79.5 cm³/mol. The molecule has 1 fully saturated rings. The van der Waals surface area contributed by atoms with Gasteiger partial charge in [-0.15, -0.1) is 0 Å². The van der Waals surface area contributed by atoms with Gasteiger partial charge in [0.2, 0.25) is 0 Å². The maximum atomic E-state index is 6.05. The van der Waals surface area contributed by atoms with E-state index < -0.39 is 0 Å². The molecular weight excluding hydrogens is 236 g/mol. The summed E-state index contributed by atoms with van der Waals surface area (Å²) in [5.74, 6) is 0.950. The van der Waals surface area contributed by atoms with Gasteiger partial charge in [0, 0.05) is 18.6 Å². The third-order valence-electron chi connectivity index (χ3n) is 4.28. The zero-order valence-electron chi connectivity index (χ0n) is 12.4. The molecule has 1 aromatic carbocycles. The fraction of sp³-hybridized carbons (Fsp3) is 0.625. The summed E-state index contributed by atoms with van der Waals surface area (Å²) in [5, 5.41) is 0. The topological polar surface area (TPSA) is 38.5 Å². The Labute approximate surface area is 116 Å². The van der Waals surface area contributed by atoms with Gasteiger partial charge in [0.05, 0.1) is 7.11 Å². The van der Waals surface area contributed by atoms with Crippen molar-refractivity contribution in [1.82, 2.24) is 4.90 Å². The number of nitrogens with two attached hydrogens (primary N) is 1. The fourth-order valence-corrected chi connectivity index (χ4v) is 3.16. The van der Waals surface area contributed by atoms with Gasteiger partial charge in [-0.1, -0.05) is 18.6 Å². The average molecular weight is 262 g/mol. The summed E-state index contributed by atoms with van der Waals surface area (Å²) in [5.41, 5.74) is 8.54. The van der Waals surface area contributed by atoms with E-state index in [4.69, 9.17) is 10.5 Å². The number of benzene rings is 1. The molecule has 0 saturated carbocycles. The van der Waals surface area contributed by atoms with Crippen LogP contribution in [0.15, 0.2) is 18.2 Å². The molecule has 1 heterocycles. The maximum Gasteiger partial charge on any atom is 0.121 e. The highest BCUT2D eigenvalue weighted by molar-refractivity contribution is 5.37. The standard InChI is InChI=1S/C16H26N2O/c1-12-10-14(7-8-16(12)19-3)15(11-17)18-9-5-4-6-13(18)2/h7-8,10,13,15H,4-6,9,11,17H2,1-3H3. The number of aryl methyl sites for hydroxylation is 1. The lowest BCUT2D eigenvalue weighted by Crippen LogP contribution is -2.43. The Balaban J connectivity index is 2.23. The second kappa shape index (κ2) is 6.40. The number of hydrogen-bond acceptors (Lipinski definition) is 3. The normalized spacial score (nSPS) is 22.2. The van der Waals surface area contributed by atoms with Gasteiger partial charge in [0.1, 0.15) is 5.75 Å². The summed E-state index contributed by atoms with van der Waals surface area (Å²) >= 11 is 0. The Morgan fingerprint density at radius 2 is 2.21 bits per heavy atom. The van der Waals surface area contributed by atoms with Crippen molar-refractivity contribution in [2.45, 2.75) is 45.2 Å². The van der Waals surface area contributed by atoms with Gasteiger partial charge in [-0.2, -0.15) is 0 Å².